The monoisotopic (exact) mass is 597 g/mol. The Kier molecular flexibility index (Phi) is 9.40. The molecule has 0 aliphatic rings. The molecule has 0 atom stereocenters. The number of urea groups is 1. The second-order valence-corrected chi connectivity index (χ2v) is 11.5. The van der Waals surface area contributed by atoms with Crippen molar-refractivity contribution in [2.75, 3.05) is 23.7 Å². The number of benzene rings is 3. The second-order valence-electron chi connectivity index (χ2n) is 10.3. The van der Waals surface area contributed by atoms with E-state index in [1.54, 1.807) is 28.9 Å². The van der Waals surface area contributed by atoms with Gasteiger partial charge in [-0.2, -0.15) is 5.10 Å². The van der Waals surface area contributed by atoms with Gasteiger partial charge in [-0.05, 0) is 36.2 Å². The van der Waals surface area contributed by atoms with Gasteiger partial charge >= 0.3 is 6.03 Å². The molecule has 1 aromatic heterocycles. The number of carbonyl (C=O) groups is 2. The van der Waals surface area contributed by atoms with E-state index < -0.39 is 11.9 Å². The lowest BCUT2D eigenvalue weighted by Gasteiger charge is -2.23. The minimum absolute atomic E-state index is 0.213. The Hall–Kier alpha value is -3.52. The summed E-state index contributed by atoms with van der Waals surface area (Å²) in [5.74, 6) is 0.0541. The molecule has 208 valence electrons. The zero-order valence-electron chi connectivity index (χ0n) is 22.4. The van der Waals surface area contributed by atoms with Crippen molar-refractivity contribution < 1.29 is 9.59 Å². The van der Waals surface area contributed by atoms with Crippen LogP contribution in [0.3, 0.4) is 0 Å². The van der Waals surface area contributed by atoms with Crippen LogP contribution in [-0.2, 0) is 16.6 Å². The molecule has 10 heteroatoms. The standard InChI is InChI=1S/C30H30Cl3N5O2/c1-30(2,3)25-18-26(38(36-25)24-15-8-7-12-21(24)31)35-27(39)19-37(17-16-20-10-5-4-6-11-20)29(40)34-23-14-9-13-22(32)28(23)33/h4-15,18H,16-17,19H2,1-3H3,(H,34,40)(H,35,39). The number of hydrogen-bond donors (Lipinski definition) is 2. The molecular weight excluding hydrogens is 569 g/mol. The summed E-state index contributed by atoms with van der Waals surface area (Å²) in [7, 11) is 0. The molecule has 4 aromatic rings. The maximum absolute atomic E-state index is 13.4. The maximum Gasteiger partial charge on any atom is 0.322 e. The van der Waals surface area contributed by atoms with E-state index >= 15 is 0 Å². The summed E-state index contributed by atoms with van der Waals surface area (Å²) in [6, 6.07) is 23.3. The zero-order chi connectivity index (χ0) is 28.9. The minimum Gasteiger partial charge on any atom is -0.315 e. The van der Waals surface area contributed by atoms with Crippen molar-refractivity contribution in [2.45, 2.75) is 32.6 Å². The topological polar surface area (TPSA) is 79.3 Å². The molecular formula is C30H30Cl3N5O2. The summed E-state index contributed by atoms with van der Waals surface area (Å²) in [4.78, 5) is 28.2. The highest BCUT2D eigenvalue weighted by Gasteiger charge is 2.24. The number of nitrogens with zero attached hydrogens (tertiary/aromatic N) is 3. The number of anilines is 2. The number of rotatable bonds is 8. The Labute approximate surface area is 249 Å². The summed E-state index contributed by atoms with van der Waals surface area (Å²) >= 11 is 18.9. The van der Waals surface area contributed by atoms with Crippen molar-refractivity contribution in [3.63, 3.8) is 0 Å². The number of nitrogens with one attached hydrogen (secondary N) is 2. The fraction of sp³-hybridized carbons (Fsp3) is 0.233. The van der Waals surface area contributed by atoms with Crippen molar-refractivity contribution in [3.05, 3.63) is 105 Å². The van der Waals surface area contributed by atoms with Crippen LogP contribution in [0.4, 0.5) is 16.3 Å². The van der Waals surface area contributed by atoms with Crippen LogP contribution in [0.1, 0.15) is 32.0 Å². The molecule has 0 saturated carbocycles. The molecule has 40 heavy (non-hydrogen) atoms. The highest BCUT2D eigenvalue weighted by Crippen LogP contribution is 2.30. The summed E-state index contributed by atoms with van der Waals surface area (Å²) in [6.45, 7) is 6.19. The lowest BCUT2D eigenvalue weighted by molar-refractivity contribution is -0.116. The molecule has 0 bridgehead atoms. The molecule has 7 nitrogen and oxygen atoms in total. The van der Waals surface area contributed by atoms with Gasteiger partial charge in [0.1, 0.15) is 12.4 Å². The van der Waals surface area contributed by atoms with E-state index in [-0.39, 0.29) is 17.0 Å². The van der Waals surface area contributed by atoms with Gasteiger partial charge in [-0.15, -0.1) is 0 Å². The Morgan fingerprint density at radius 3 is 2.25 bits per heavy atom. The molecule has 4 rings (SSSR count). The van der Waals surface area contributed by atoms with Gasteiger partial charge in [-0.1, -0.05) is 104 Å². The summed E-state index contributed by atoms with van der Waals surface area (Å²) < 4.78 is 1.61. The van der Waals surface area contributed by atoms with Crippen molar-refractivity contribution in [1.82, 2.24) is 14.7 Å². The quantitative estimate of drug-likeness (QED) is 0.217. The predicted molar refractivity (Wildman–Crippen MR) is 163 cm³/mol. The first-order valence-electron chi connectivity index (χ1n) is 12.7. The van der Waals surface area contributed by atoms with Crippen LogP contribution in [0.5, 0.6) is 0 Å². The Morgan fingerprint density at radius 1 is 0.875 bits per heavy atom. The van der Waals surface area contributed by atoms with Crippen LogP contribution >= 0.6 is 34.8 Å². The molecule has 0 spiro atoms. The fourth-order valence-electron chi connectivity index (χ4n) is 3.96. The number of carbonyl (C=O) groups excluding carboxylic acids is 2. The first kappa shape index (κ1) is 29.5. The lowest BCUT2D eigenvalue weighted by atomic mass is 9.92. The minimum atomic E-state index is -0.481. The molecule has 0 fully saturated rings. The van der Waals surface area contributed by atoms with Crippen LogP contribution in [0.2, 0.25) is 15.1 Å². The number of hydrogen-bond acceptors (Lipinski definition) is 3. The summed E-state index contributed by atoms with van der Waals surface area (Å²) in [6.07, 6.45) is 0.552. The van der Waals surface area contributed by atoms with E-state index in [4.69, 9.17) is 39.9 Å². The van der Waals surface area contributed by atoms with E-state index in [0.29, 0.717) is 40.2 Å². The lowest BCUT2D eigenvalue weighted by Crippen LogP contribution is -2.42. The fourth-order valence-corrected chi connectivity index (χ4v) is 4.52. The molecule has 1 heterocycles. The molecule has 0 unspecified atom stereocenters. The Bertz CT molecular complexity index is 1500. The first-order valence-corrected chi connectivity index (χ1v) is 13.9. The average molecular weight is 599 g/mol. The second kappa shape index (κ2) is 12.8. The average Bonchev–Trinajstić information content (AvgIpc) is 3.34. The van der Waals surface area contributed by atoms with Gasteiger partial charge < -0.3 is 15.5 Å². The van der Waals surface area contributed by atoms with Gasteiger partial charge in [0.2, 0.25) is 5.91 Å². The van der Waals surface area contributed by atoms with Crippen LogP contribution in [0.15, 0.2) is 78.9 Å². The highest BCUT2D eigenvalue weighted by molar-refractivity contribution is 6.44. The third kappa shape index (κ3) is 7.36. The zero-order valence-corrected chi connectivity index (χ0v) is 24.7. The van der Waals surface area contributed by atoms with Crippen molar-refractivity contribution in [2.24, 2.45) is 0 Å². The Morgan fingerprint density at radius 2 is 1.55 bits per heavy atom. The number of para-hydroxylation sites is 1. The van der Waals surface area contributed by atoms with E-state index in [1.165, 1.54) is 4.90 Å². The predicted octanol–water partition coefficient (Wildman–Crippen LogP) is 7.85. The third-order valence-electron chi connectivity index (χ3n) is 6.15. The molecule has 3 amide bonds. The van der Waals surface area contributed by atoms with E-state index in [2.05, 4.69) is 10.6 Å². The highest BCUT2D eigenvalue weighted by atomic mass is 35.5. The smallest absolute Gasteiger partial charge is 0.315 e. The molecule has 2 N–H and O–H groups in total. The van der Waals surface area contributed by atoms with Gasteiger partial charge in [0.15, 0.2) is 0 Å². The van der Waals surface area contributed by atoms with E-state index in [0.717, 1.165) is 11.3 Å². The number of amides is 3. The van der Waals surface area contributed by atoms with Crippen LogP contribution in [0.25, 0.3) is 5.69 Å². The maximum atomic E-state index is 13.4. The van der Waals surface area contributed by atoms with Crippen molar-refractivity contribution in [1.29, 1.82) is 0 Å². The van der Waals surface area contributed by atoms with E-state index in [9.17, 15) is 9.59 Å². The third-order valence-corrected chi connectivity index (χ3v) is 7.29. The van der Waals surface area contributed by atoms with E-state index in [1.807, 2.05) is 75.4 Å². The van der Waals surface area contributed by atoms with Gasteiger partial charge in [-0.3, -0.25) is 4.79 Å². The summed E-state index contributed by atoms with van der Waals surface area (Å²) in [5, 5.41) is 11.5. The molecule has 0 radical (unpaired) electrons. The van der Waals surface area contributed by atoms with Crippen molar-refractivity contribution >= 4 is 58.2 Å². The van der Waals surface area contributed by atoms with Crippen LogP contribution in [-0.4, -0.2) is 39.7 Å². The number of halogens is 3. The number of aromatic nitrogens is 2. The van der Waals surface area contributed by atoms with Crippen molar-refractivity contribution in [3.8, 4) is 5.69 Å². The van der Waals surface area contributed by atoms with Gasteiger partial charge in [0, 0.05) is 18.0 Å². The van der Waals surface area contributed by atoms with Crippen LogP contribution < -0.4 is 10.6 Å². The summed E-state index contributed by atoms with van der Waals surface area (Å²) in [5.41, 5.74) is 2.52. The SMILES string of the molecule is CC(C)(C)c1cc(NC(=O)CN(CCc2ccccc2)C(=O)Nc2cccc(Cl)c2Cl)n(-c2ccccc2Cl)n1. The van der Waals surface area contributed by atoms with Gasteiger partial charge in [-0.25, -0.2) is 9.48 Å². The van der Waals surface area contributed by atoms with Gasteiger partial charge in [0.25, 0.3) is 0 Å². The normalized spacial score (nSPS) is 11.2. The molecule has 3 aromatic carbocycles. The molecule has 0 aliphatic heterocycles. The largest absolute Gasteiger partial charge is 0.322 e. The molecule has 0 aliphatic carbocycles. The van der Waals surface area contributed by atoms with Crippen LogP contribution in [0, 0.1) is 0 Å². The first-order chi connectivity index (χ1) is 19.0. The van der Waals surface area contributed by atoms with Gasteiger partial charge in [0.05, 0.1) is 32.1 Å². The molecule has 0 saturated heterocycles. The Balaban J connectivity index is 1.58.